The molecule has 1 aromatic heterocycles. The highest BCUT2D eigenvalue weighted by Crippen LogP contribution is 2.25. The van der Waals surface area contributed by atoms with Gasteiger partial charge in [-0.3, -0.25) is 10.1 Å². The van der Waals surface area contributed by atoms with Gasteiger partial charge in [-0.05, 0) is 31.2 Å². The van der Waals surface area contributed by atoms with Crippen LogP contribution in [-0.4, -0.2) is 23.0 Å². The lowest BCUT2D eigenvalue weighted by molar-refractivity contribution is -0.385. The first-order valence-corrected chi connectivity index (χ1v) is 6.16. The van der Waals surface area contributed by atoms with Crippen molar-refractivity contribution in [3.05, 3.63) is 57.5 Å². The van der Waals surface area contributed by atoms with Gasteiger partial charge in [0, 0.05) is 18.8 Å². The third-order valence-electron chi connectivity index (χ3n) is 3.04. The van der Waals surface area contributed by atoms with Gasteiger partial charge in [-0.25, -0.2) is 4.79 Å². The van der Waals surface area contributed by atoms with Crippen molar-refractivity contribution in [1.29, 1.82) is 0 Å². The van der Waals surface area contributed by atoms with Gasteiger partial charge < -0.3 is 14.4 Å². The van der Waals surface area contributed by atoms with Gasteiger partial charge in [-0.15, -0.1) is 0 Å². The average molecular weight is 290 g/mol. The molecule has 0 aliphatic carbocycles. The standard InChI is InChI=1S/C14H14N2O5/c1-9-3-5-11(21-9)8-15(2)10-4-6-13(16(19)20)12(7-10)14(17)18/h3-7H,8H2,1-2H3,(H,17,18). The molecule has 0 atom stereocenters. The second-order valence-corrected chi connectivity index (χ2v) is 4.63. The van der Waals surface area contributed by atoms with E-state index in [9.17, 15) is 14.9 Å². The monoisotopic (exact) mass is 290 g/mol. The Kier molecular flexibility index (Phi) is 3.93. The molecule has 0 spiro atoms. The summed E-state index contributed by atoms with van der Waals surface area (Å²) in [6.07, 6.45) is 0. The Bertz CT molecular complexity index is 692. The Morgan fingerprint density at radius 1 is 1.38 bits per heavy atom. The van der Waals surface area contributed by atoms with Gasteiger partial charge in [0.15, 0.2) is 0 Å². The van der Waals surface area contributed by atoms with E-state index in [1.54, 1.807) is 11.9 Å². The number of benzene rings is 1. The molecule has 0 aliphatic heterocycles. The SMILES string of the molecule is Cc1ccc(CN(C)c2ccc([N+](=O)[O-])c(C(=O)O)c2)o1. The zero-order chi connectivity index (χ0) is 15.6. The highest BCUT2D eigenvalue weighted by molar-refractivity contribution is 5.93. The van der Waals surface area contributed by atoms with E-state index in [4.69, 9.17) is 9.52 Å². The lowest BCUT2D eigenvalue weighted by atomic mass is 10.1. The number of anilines is 1. The number of nitrogens with zero attached hydrogens (tertiary/aromatic N) is 2. The molecule has 0 fully saturated rings. The predicted molar refractivity (Wildman–Crippen MR) is 75.6 cm³/mol. The van der Waals surface area contributed by atoms with Crippen molar-refractivity contribution in [3.8, 4) is 0 Å². The maximum absolute atomic E-state index is 11.1. The fourth-order valence-electron chi connectivity index (χ4n) is 1.99. The van der Waals surface area contributed by atoms with Gasteiger partial charge in [0.25, 0.3) is 5.69 Å². The van der Waals surface area contributed by atoms with Crippen LogP contribution in [0.25, 0.3) is 0 Å². The molecule has 0 amide bonds. The third kappa shape index (κ3) is 3.19. The van der Waals surface area contributed by atoms with E-state index in [2.05, 4.69) is 0 Å². The Labute approximate surface area is 120 Å². The number of aryl methyl sites for hydroxylation is 1. The summed E-state index contributed by atoms with van der Waals surface area (Å²) in [4.78, 5) is 23.0. The molecule has 1 N–H and O–H groups in total. The van der Waals surface area contributed by atoms with Crippen LogP contribution in [0, 0.1) is 17.0 Å². The molecule has 0 radical (unpaired) electrons. The van der Waals surface area contributed by atoms with Crippen molar-refractivity contribution < 1.29 is 19.2 Å². The first-order chi connectivity index (χ1) is 9.88. The summed E-state index contributed by atoms with van der Waals surface area (Å²) in [6, 6.07) is 7.66. The minimum atomic E-state index is -1.33. The minimum absolute atomic E-state index is 0.333. The van der Waals surface area contributed by atoms with Gasteiger partial charge in [0.05, 0.1) is 11.5 Å². The molecule has 0 unspecified atom stereocenters. The number of carboxylic acid groups (broad SMARTS) is 1. The van der Waals surface area contributed by atoms with Crippen LogP contribution in [0.2, 0.25) is 0 Å². The number of rotatable bonds is 5. The molecule has 110 valence electrons. The Hall–Kier alpha value is -2.83. The smallest absolute Gasteiger partial charge is 0.342 e. The average Bonchev–Trinajstić information content (AvgIpc) is 2.83. The maximum Gasteiger partial charge on any atom is 0.342 e. The summed E-state index contributed by atoms with van der Waals surface area (Å²) in [5, 5.41) is 19.9. The van der Waals surface area contributed by atoms with Crippen LogP contribution in [-0.2, 0) is 6.54 Å². The Balaban J connectivity index is 2.29. The fraction of sp³-hybridized carbons (Fsp3) is 0.214. The first-order valence-electron chi connectivity index (χ1n) is 6.16. The van der Waals surface area contributed by atoms with Gasteiger partial charge in [-0.1, -0.05) is 0 Å². The molecular formula is C14H14N2O5. The van der Waals surface area contributed by atoms with Crippen molar-refractivity contribution in [2.75, 3.05) is 11.9 Å². The number of hydrogen-bond donors (Lipinski definition) is 1. The van der Waals surface area contributed by atoms with Crippen molar-refractivity contribution in [2.45, 2.75) is 13.5 Å². The summed E-state index contributed by atoms with van der Waals surface area (Å²) < 4.78 is 5.45. The molecule has 1 heterocycles. The third-order valence-corrected chi connectivity index (χ3v) is 3.04. The Morgan fingerprint density at radius 3 is 2.62 bits per heavy atom. The lowest BCUT2D eigenvalue weighted by Crippen LogP contribution is -2.16. The highest BCUT2D eigenvalue weighted by Gasteiger charge is 2.21. The molecule has 21 heavy (non-hydrogen) atoms. The molecule has 0 saturated carbocycles. The molecule has 7 nitrogen and oxygen atoms in total. The van der Waals surface area contributed by atoms with E-state index in [0.29, 0.717) is 12.2 Å². The predicted octanol–water partition coefficient (Wildman–Crippen LogP) is 2.83. The first kappa shape index (κ1) is 14.6. The van der Waals surface area contributed by atoms with Gasteiger partial charge in [-0.2, -0.15) is 0 Å². The molecule has 0 aliphatic rings. The van der Waals surface area contributed by atoms with E-state index < -0.39 is 16.6 Å². The topological polar surface area (TPSA) is 96.8 Å². The second kappa shape index (κ2) is 5.66. The fourth-order valence-corrected chi connectivity index (χ4v) is 1.99. The molecule has 7 heteroatoms. The Morgan fingerprint density at radius 2 is 2.10 bits per heavy atom. The number of nitro benzene ring substituents is 1. The van der Waals surface area contributed by atoms with E-state index in [0.717, 1.165) is 11.5 Å². The van der Waals surface area contributed by atoms with Gasteiger partial charge in [0.1, 0.15) is 17.1 Å². The molecular weight excluding hydrogens is 276 g/mol. The summed E-state index contributed by atoms with van der Waals surface area (Å²) in [7, 11) is 1.75. The highest BCUT2D eigenvalue weighted by atomic mass is 16.6. The number of furan rings is 1. The molecule has 1 aromatic carbocycles. The quantitative estimate of drug-likeness (QED) is 0.671. The van der Waals surface area contributed by atoms with Crippen LogP contribution >= 0.6 is 0 Å². The van der Waals surface area contributed by atoms with E-state index in [1.165, 1.54) is 18.2 Å². The van der Waals surface area contributed by atoms with E-state index in [-0.39, 0.29) is 5.56 Å². The lowest BCUT2D eigenvalue weighted by Gasteiger charge is -2.18. The van der Waals surface area contributed by atoms with Crippen LogP contribution in [0.5, 0.6) is 0 Å². The number of aromatic carboxylic acids is 1. The summed E-state index contributed by atoms with van der Waals surface area (Å²) in [5.74, 6) is 0.185. The summed E-state index contributed by atoms with van der Waals surface area (Å²) in [6.45, 7) is 2.27. The number of hydrogen-bond acceptors (Lipinski definition) is 5. The maximum atomic E-state index is 11.1. The zero-order valence-electron chi connectivity index (χ0n) is 11.6. The van der Waals surface area contributed by atoms with Crippen LogP contribution in [0.4, 0.5) is 11.4 Å². The number of carboxylic acids is 1. The van der Waals surface area contributed by atoms with Crippen molar-refractivity contribution >= 4 is 17.3 Å². The van der Waals surface area contributed by atoms with Crippen LogP contribution in [0.1, 0.15) is 21.9 Å². The van der Waals surface area contributed by atoms with Gasteiger partial charge >= 0.3 is 5.97 Å². The van der Waals surface area contributed by atoms with Gasteiger partial charge in [0.2, 0.25) is 0 Å². The van der Waals surface area contributed by atoms with E-state index in [1.807, 2.05) is 19.1 Å². The van der Waals surface area contributed by atoms with Crippen molar-refractivity contribution in [2.24, 2.45) is 0 Å². The van der Waals surface area contributed by atoms with Crippen LogP contribution < -0.4 is 4.90 Å². The number of nitro groups is 1. The normalized spacial score (nSPS) is 10.4. The summed E-state index contributed by atoms with van der Waals surface area (Å²) >= 11 is 0. The number of carbonyl (C=O) groups is 1. The van der Waals surface area contributed by atoms with Crippen LogP contribution in [0.15, 0.2) is 34.7 Å². The molecule has 0 bridgehead atoms. The largest absolute Gasteiger partial charge is 0.477 e. The van der Waals surface area contributed by atoms with Crippen molar-refractivity contribution in [1.82, 2.24) is 0 Å². The zero-order valence-corrected chi connectivity index (χ0v) is 11.6. The molecule has 2 aromatic rings. The second-order valence-electron chi connectivity index (χ2n) is 4.63. The minimum Gasteiger partial charge on any atom is -0.477 e. The molecule has 0 saturated heterocycles. The van der Waals surface area contributed by atoms with E-state index >= 15 is 0 Å². The summed E-state index contributed by atoms with van der Waals surface area (Å²) in [5.41, 5.74) is -0.194. The molecule has 2 rings (SSSR count). The van der Waals surface area contributed by atoms with Crippen LogP contribution in [0.3, 0.4) is 0 Å². The van der Waals surface area contributed by atoms with Crippen molar-refractivity contribution in [3.63, 3.8) is 0 Å².